The molecule has 2 aromatic carbocycles. The molecule has 8 heteroatoms. The van der Waals surface area contributed by atoms with Gasteiger partial charge in [-0.05, 0) is 37.4 Å². The summed E-state index contributed by atoms with van der Waals surface area (Å²) < 4.78 is 21.9. The second-order valence-corrected chi connectivity index (χ2v) is 7.22. The molecule has 7 nitrogen and oxygen atoms in total. The molecule has 0 bridgehead atoms. The van der Waals surface area contributed by atoms with E-state index in [-0.39, 0.29) is 12.5 Å². The summed E-state index contributed by atoms with van der Waals surface area (Å²) in [7, 11) is 8.33. The van der Waals surface area contributed by atoms with Crippen LogP contribution in [0.1, 0.15) is 5.56 Å². The Morgan fingerprint density at radius 3 is 2.37 bits per heavy atom. The third-order valence-corrected chi connectivity index (χ3v) is 4.80. The number of hydrogen-bond donors (Lipinski definition) is 0. The lowest BCUT2D eigenvalue weighted by Crippen LogP contribution is -2.37. The van der Waals surface area contributed by atoms with Crippen LogP contribution < -0.4 is 18.9 Å². The summed E-state index contributed by atoms with van der Waals surface area (Å²) in [6, 6.07) is 10.9. The molecule has 0 unspecified atom stereocenters. The van der Waals surface area contributed by atoms with Crippen molar-refractivity contribution in [1.82, 2.24) is 9.80 Å². The predicted molar refractivity (Wildman–Crippen MR) is 117 cm³/mol. The van der Waals surface area contributed by atoms with Crippen molar-refractivity contribution in [1.29, 1.82) is 0 Å². The molecule has 0 aliphatic rings. The molecule has 0 spiro atoms. The second-order valence-electron chi connectivity index (χ2n) is 6.79. The van der Waals surface area contributed by atoms with E-state index >= 15 is 0 Å². The van der Waals surface area contributed by atoms with Gasteiger partial charge in [0.2, 0.25) is 11.7 Å². The van der Waals surface area contributed by atoms with Crippen LogP contribution in [-0.4, -0.2) is 70.8 Å². The minimum Gasteiger partial charge on any atom is -0.493 e. The lowest BCUT2D eigenvalue weighted by atomic mass is 10.1. The molecule has 0 saturated heterocycles. The van der Waals surface area contributed by atoms with Crippen molar-refractivity contribution in [3.63, 3.8) is 0 Å². The Labute approximate surface area is 183 Å². The maximum atomic E-state index is 12.6. The maximum Gasteiger partial charge on any atom is 0.236 e. The SMILES string of the molecule is COc1ccc(CN(C)C(=O)CN(C)CCOc2cccc(Cl)c2)c(OC)c1OC. The number of hydrogen-bond acceptors (Lipinski definition) is 6. The zero-order valence-corrected chi connectivity index (χ0v) is 18.9. The first kappa shape index (κ1) is 23.6. The van der Waals surface area contributed by atoms with E-state index in [4.69, 9.17) is 30.5 Å². The van der Waals surface area contributed by atoms with Crippen LogP contribution in [0.3, 0.4) is 0 Å². The molecule has 0 atom stereocenters. The van der Waals surface area contributed by atoms with E-state index in [1.165, 1.54) is 0 Å². The highest BCUT2D eigenvalue weighted by Gasteiger charge is 2.19. The molecule has 2 aromatic rings. The molecule has 1 amide bonds. The zero-order valence-electron chi connectivity index (χ0n) is 18.1. The van der Waals surface area contributed by atoms with E-state index < -0.39 is 0 Å². The normalized spacial score (nSPS) is 10.6. The fraction of sp³-hybridized carbons (Fsp3) is 0.409. The van der Waals surface area contributed by atoms with Crippen molar-refractivity contribution < 1.29 is 23.7 Å². The van der Waals surface area contributed by atoms with E-state index in [2.05, 4.69) is 0 Å². The predicted octanol–water partition coefficient (Wildman–Crippen LogP) is 3.34. The van der Waals surface area contributed by atoms with E-state index in [1.807, 2.05) is 30.1 Å². The van der Waals surface area contributed by atoms with Gasteiger partial charge in [-0.1, -0.05) is 17.7 Å². The van der Waals surface area contributed by atoms with Crippen LogP contribution in [0.4, 0.5) is 0 Å². The fourth-order valence-electron chi connectivity index (χ4n) is 2.94. The monoisotopic (exact) mass is 436 g/mol. The Kier molecular flexibility index (Phi) is 9.08. The summed E-state index contributed by atoms with van der Waals surface area (Å²) >= 11 is 5.95. The largest absolute Gasteiger partial charge is 0.493 e. The molecule has 0 saturated carbocycles. The van der Waals surface area contributed by atoms with Crippen LogP contribution in [0.5, 0.6) is 23.0 Å². The molecule has 0 fully saturated rings. The van der Waals surface area contributed by atoms with Crippen molar-refractivity contribution >= 4 is 17.5 Å². The number of halogens is 1. The van der Waals surface area contributed by atoms with Gasteiger partial charge < -0.3 is 23.8 Å². The van der Waals surface area contributed by atoms with E-state index in [1.54, 1.807) is 51.5 Å². The van der Waals surface area contributed by atoms with Crippen molar-refractivity contribution in [2.45, 2.75) is 6.54 Å². The molecule has 0 aliphatic carbocycles. The number of carbonyl (C=O) groups is 1. The first-order valence-electron chi connectivity index (χ1n) is 9.48. The van der Waals surface area contributed by atoms with Crippen LogP contribution in [0, 0.1) is 0 Å². The van der Waals surface area contributed by atoms with Gasteiger partial charge in [0.15, 0.2) is 11.5 Å². The van der Waals surface area contributed by atoms with Gasteiger partial charge >= 0.3 is 0 Å². The van der Waals surface area contributed by atoms with Crippen molar-refractivity contribution in [3.8, 4) is 23.0 Å². The number of benzene rings is 2. The highest BCUT2D eigenvalue weighted by atomic mass is 35.5. The van der Waals surface area contributed by atoms with E-state index in [9.17, 15) is 4.79 Å². The fourth-order valence-corrected chi connectivity index (χ4v) is 3.12. The third kappa shape index (κ3) is 6.43. The Balaban J connectivity index is 1.89. The summed E-state index contributed by atoms with van der Waals surface area (Å²) in [6.45, 7) is 1.71. The summed E-state index contributed by atoms with van der Waals surface area (Å²) in [5, 5.41) is 0.628. The first-order valence-corrected chi connectivity index (χ1v) is 9.86. The number of rotatable bonds is 11. The smallest absolute Gasteiger partial charge is 0.236 e. The van der Waals surface area contributed by atoms with Crippen molar-refractivity contribution in [3.05, 3.63) is 47.0 Å². The average Bonchev–Trinajstić information content (AvgIpc) is 2.73. The van der Waals surface area contributed by atoms with Gasteiger partial charge in [0.25, 0.3) is 0 Å². The Morgan fingerprint density at radius 2 is 1.73 bits per heavy atom. The van der Waals surface area contributed by atoms with Crippen molar-refractivity contribution in [2.24, 2.45) is 0 Å². The number of carbonyl (C=O) groups excluding carboxylic acids is 1. The Morgan fingerprint density at radius 1 is 1.00 bits per heavy atom. The minimum absolute atomic E-state index is 0.0166. The standard InChI is InChI=1S/C22H29ClN2O5/c1-24(11-12-30-18-8-6-7-17(23)13-18)15-20(26)25(2)14-16-9-10-19(27-3)22(29-5)21(16)28-4/h6-10,13H,11-12,14-15H2,1-5H3. The van der Waals surface area contributed by atoms with Crippen LogP contribution in [0.15, 0.2) is 36.4 Å². The number of ether oxygens (including phenoxy) is 4. The molecule has 0 radical (unpaired) electrons. The van der Waals surface area contributed by atoms with Gasteiger partial charge in [-0.2, -0.15) is 0 Å². The average molecular weight is 437 g/mol. The van der Waals surface area contributed by atoms with Crippen LogP contribution >= 0.6 is 11.6 Å². The van der Waals surface area contributed by atoms with E-state index in [0.29, 0.717) is 47.7 Å². The van der Waals surface area contributed by atoms with E-state index in [0.717, 1.165) is 5.56 Å². The number of nitrogens with zero attached hydrogens (tertiary/aromatic N) is 2. The van der Waals surface area contributed by atoms with Gasteiger partial charge in [-0.15, -0.1) is 0 Å². The summed E-state index contributed by atoms with van der Waals surface area (Å²) in [5.74, 6) is 2.33. The third-order valence-electron chi connectivity index (χ3n) is 4.56. The van der Waals surface area contributed by atoms with Crippen molar-refractivity contribution in [2.75, 3.05) is 55.1 Å². The van der Waals surface area contributed by atoms with Gasteiger partial charge in [0.1, 0.15) is 12.4 Å². The Bertz CT molecular complexity index is 846. The Hall–Kier alpha value is -2.64. The lowest BCUT2D eigenvalue weighted by molar-refractivity contribution is -0.131. The highest BCUT2D eigenvalue weighted by molar-refractivity contribution is 6.30. The van der Waals surface area contributed by atoms with Crippen LogP contribution in [0.25, 0.3) is 0 Å². The molecular weight excluding hydrogens is 408 g/mol. The van der Waals surface area contributed by atoms with Gasteiger partial charge in [0.05, 0.1) is 27.9 Å². The van der Waals surface area contributed by atoms with Crippen LogP contribution in [0.2, 0.25) is 5.02 Å². The molecule has 2 rings (SSSR count). The molecule has 0 heterocycles. The lowest BCUT2D eigenvalue weighted by Gasteiger charge is -2.23. The number of likely N-dealkylation sites (N-methyl/N-ethyl adjacent to an activating group) is 2. The second kappa shape index (κ2) is 11.5. The summed E-state index contributed by atoms with van der Waals surface area (Å²) in [5.41, 5.74) is 0.831. The van der Waals surface area contributed by atoms with Crippen LogP contribution in [-0.2, 0) is 11.3 Å². The van der Waals surface area contributed by atoms with Gasteiger partial charge in [-0.3, -0.25) is 9.69 Å². The summed E-state index contributed by atoms with van der Waals surface area (Å²) in [4.78, 5) is 16.2. The maximum absolute atomic E-state index is 12.6. The molecule has 0 aromatic heterocycles. The molecule has 0 N–H and O–H groups in total. The number of amides is 1. The quantitative estimate of drug-likeness (QED) is 0.538. The zero-order chi connectivity index (χ0) is 22.1. The molecule has 0 aliphatic heterocycles. The number of methoxy groups -OCH3 is 3. The first-order chi connectivity index (χ1) is 14.4. The molecular formula is C22H29ClN2O5. The van der Waals surface area contributed by atoms with Gasteiger partial charge in [0, 0.05) is 30.7 Å². The summed E-state index contributed by atoms with van der Waals surface area (Å²) in [6.07, 6.45) is 0. The molecule has 30 heavy (non-hydrogen) atoms. The van der Waals surface area contributed by atoms with Gasteiger partial charge in [-0.25, -0.2) is 0 Å². The highest BCUT2D eigenvalue weighted by Crippen LogP contribution is 2.40. The molecule has 164 valence electrons. The topological polar surface area (TPSA) is 60.5 Å². The minimum atomic E-state index is -0.0166.